The van der Waals surface area contributed by atoms with Crippen LogP contribution in [0.15, 0.2) is 17.4 Å². The molecule has 0 aromatic rings. The van der Waals surface area contributed by atoms with Gasteiger partial charge in [0.1, 0.15) is 0 Å². The van der Waals surface area contributed by atoms with Crippen LogP contribution < -0.4 is 0 Å². The minimum atomic E-state index is 0.797. The van der Waals surface area contributed by atoms with Crippen LogP contribution in [-0.4, -0.2) is 0 Å². The SMILES string of the molecule is CCCCCCC=C=C1CCCC[C@H]1C. The summed E-state index contributed by atoms with van der Waals surface area (Å²) in [5.41, 5.74) is 5.12. The molecule has 0 amide bonds. The molecular formula is C15H26. The molecule has 0 saturated heterocycles. The molecule has 0 aliphatic heterocycles. The summed E-state index contributed by atoms with van der Waals surface area (Å²) in [7, 11) is 0. The van der Waals surface area contributed by atoms with Crippen LogP contribution in [0.5, 0.6) is 0 Å². The lowest BCUT2D eigenvalue weighted by atomic mass is 9.86. The van der Waals surface area contributed by atoms with Crippen LogP contribution in [0.4, 0.5) is 0 Å². The highest BCUT2D eigenvalue weighted by atomic mass is 14.2. The van der Waals surface area contributed by atoms with E-state index < -0.39 is 0 Å². The molecule has 0 N–H and O–H groups in total. The van der Waals surface area contributed by atoms with Crippen LogP contribution in [0.3, 0.4) is 0 Å². The second kappa shape index (κ2) is 7.77. The summed E-state index contributed by atoms with van der Waals surface area (Å²) in [6, 6.07) is 0. The molecule has 86 valence electrons. The van der Waals surface area contributed by atoms with Crippen LogP contribution in [0.1, 0.15) is 71.6 Å². The van der Waals surface area contributed by atoms with Gasteiger partial charge in [-0.25, -0.2) is 0 Å². The smallest absolute Gasteiger partial charge is 0.0156 e. The summed E-state index contributed by atoms with van der Waals surface area (Å²) >= 11 is 0. The van der Waals surface area contributed by atoms with E-state index in [1.807, 2.05) is 0 Å². The van der Waals surface area contributed by atoms with Crippen molar-refractivity contribution in [1.29, 1.82) is 0 Å². The monoisotopic (exact) mass is 206 g/mol. The summed E-state index contributed by atoms with van der Waals surface area (Å²) < 4.78 is 0. The van der Waals surface area contributed by atoms with E-state index in [0.29, 0.717) is 0 Å². The Morgan fingerprint density at radius 3 is 2.87 bits per heavy atom. The van der Waals surface area contributed by atoms with Gasteiger partial charge in [-0.2, -0.15) is 0 Å². The fraction of sp³-hybridized carbons (Fsp3) is 0.800. The molecule has 0 bridgehead atoms. The Bertz CT molecular complexity index is 218. The second-order valence-corrected chi connectivity index (χ2v) is 4.87. The minimum Gasteiger partial charge on any atom is -0.126 e. The second-order valence-electron chi connectivity index (χ2n) is 4.87. The number of unbranched alkanes of at least 4 members (excludes halogenated alkanes) is 4. The van der Waals surface area contributed by atoms with Crippen molar-refractivity contribution >= 4 is 0 Å². The molecule has 1 aliphatic rings. The number of rotatable bonds is 5. The van der Waals surface area contributed by atoms with Gasteiger partial charge in [-0.1, -0.05) is 39.5 Å². The molecule has 1 fully saturated rings. The predicted octanol–water partition coefficient (Wildman–Crippen LogP) is 5.25. The third-order valence-electron chi connectivity index (χ3n) is 3.42. The number of hydrogen-bond acceptors (Lipinski definition) is 0. The van der Waals surface area contributed by atoms with Crippen molar-refractivity contribution in [3.05, 3.63) is 17.4 Å². The maximum atomic E-state index is 3.54. The Labute approximate surface area is 95.5 Å². The van der Waals surface area contributed by atoms with Gasteiger partial charge in [0.05, 0.1) is 0 Å². The summed E-state index contributed by atoms with van der Waals surface area (Å²) in [4.78, 5) is 0. The predicted molar refractivity (Wildman–Crippen MR) is 68.0 cm³/mol. The van der Waals surface area contributed by atoms with E-state index in [1.54, 1.807) is 5.57 Å². The topological polar surface area (TPSA) is 0 Å². The first-order chi connectivity index (χ1) is 7.34. The summed E-state index contributed by atoms with van der Waals surface area (Å²) in [5, 5.41) is 0. The zero-order valence-corrected chi connectivity index (χ0v) is 10.5. The van der Waals surface area contributed by atoms with E-state index in [1.165, 1.54) is 57.8 Å². The standard InChI is InChI=1S/C15H26/c1-3-4-5-6-7-8-12-15-13-10-9-11-14(15)2/h8,14H,3-7,9-11,13H2,1-2H3/t12?,14-/m1/s1. The highest BCUT2D eigenvalue weighted by Gasteiger charge is 2.12. The van der Waals surface area contributed by atoms with Crippen LogP contribution in [0.2, 0.25) is 0 Å². The van der Waals surface area contributed by atoms with Crippen molar-refractivity contribution in [1.82, 2.24) is 0 Å². The normalized spacial score (nSPS) is 21.2. The first-order valence-electron chi connectivity index (χ1n) is 6.78. The highest BCUT2D eigenvalue weighted by molar-refractivity contribution is 5.07. The van der Waals surface area contributed by atoms with Gasteiger partial charge in [0.25, 0.3) is 0 Å². The first kappa shape index (κ1) is 12.6. The van der Waals surface area contributed by atoms with Crippen molar-refractivity contribution in [3.63, 3.8) is 0 Å². The molecule has 15 heavy (non-hydrogen) atoms. The van der Waals surface area contributed by atoms with Crippen molar-refractivity contribution in [3.8, 4) is 0 Å². The van der Waals surface area contributed by atoms with Crippen molar-refractivity contribution in [2.75, 3.05) is 0 Å². The van der Waals surface area contributed by atoms with E-state index >= 15 is 0 Å². The number of allylic oxidation sites excluding steroid dienone is 1. The minimum absolute atomic E-state index is 0.797. The van der Waals surface area contributed by atoms with Crippen LogP contribution in [0.25, 0.3) is 0 Å². The quantitative estimate of drug-likeness (QED) is 0.426. The fourth-order valence-electron chi connectivity index (χ4n) is 2.28. The Balaban J connectivity index is 2.24. The fourth-order valence-corrected chi connectivity index (χ4v) is 2.28. The molecule has 0 unspecified atom stereocenters. The van der Waals surface area contributed by atoms with Gasteiger partial charge < -0.3 is 0 Å². The summed E-state index contributed by atoms with van der Waals surface area (Å²) in [6.07, 6.45) is 14.5. The average molecular weight is 206 g/mol. The molecule has 1 saturated carbocycles. The number of hydrogen-bond donors (Lipinski definition) is 0. The molecule has 1 aliphatic carbocycles. The molecule has 1 atom stereocenters. The largest absolute Gasteiger partial charge is 0.126 e. The Morgan fingerprint density at radius 1 is 1.27 bits per heavy atom. The van der Waals surface area contributed by atoms with Crippen molar-refractivity contribution in [2.45, 2.75) is 71.6 Å². The Kier molecular flexibility index (Phi) is 6.52. The highest BCUT2D eigenvalue weighted by Crippen LogP contribution is 2.27. The molecule has 1 rings (SSSR count). The summed E-state index contributed by atoms with van der Waals surface area (Å²) in [5.74, 6) is 0.797. The average Bonchev–Trinajstić information content (AvgIpc) is 2.25. The molecule has 0 heteroatoms. The lowest BCUT2D eigenvalue weighted by molar-refractivity contribution is 0.484. The third-order valence-corrected chi connectivity index (χ3v) is 3.42. The van der Waals surface area contributed by atoms with Gasteiger partial charge in [0.15, 0.2) is 0 Å². The zero-order valence-electron chi connectivity index (χ0n) is 10.5. The van der Waals surface area contributed by atoms with E-state index in [0.717, 1.165) is 5.92 Å². The van der Waals surface area contributed by atoms with E-state index in [-0.39, 0.29) is 0 Å². The maximum Gasteiger partial charge on any atom is -0.0156 e. The van der Waals surface area contributed by atoms with Crippen molar-refractivity contribution < 1.29 is 0 Å². The van der Waals surface area contributed by atoms with Gasteiger partial charge in [-0.3, -0.25) is 0 Å². The van der Waals surface area contributed by atoms with Gasteiger partial charge in [0, 0.05) is 0 Å². The summed E-state index contributed by atoms with van der Waals surface area (Å²) in [6.45, 7) is 4.62. The molecule has 0 radical (unpaired) electrons. The lowest BCUT2D eigenvalue weighted by Gasteiger charge is -2.19. The van der Waals surface area contributed by atoms with Crippen LogP contribution >= 0.6 is 0 Å². The van der Waals surface area contributed by atoms with E-state index in [2.05, 4.69) is 25.7 Å². The molecule has 0 aromatic carbocycles. The van der Waals surface area contributed by atoms with Gasteiger partial charge in [-0.05, 0) is 49.7 Å². The molecule has 0 heterocycles. The molecule has 0 nitrogen and oxygen atoms in total. The van der Waals surface area contributed by atoms with Crippen molar-refractivity contribution in [2.24, 2.45) is 5.92 Å². The third kappa shape index (κ3) is 5.23. The van der Waals surface area contributed by atoms with Gasteiger partial charge in [0.2, 0.25) is 0 Å². The van der Waals surface area contributed by atoms with Crippen LogP contribution in [0, 0.1) is 5.92 Å². The molecule has 0 spiro atoms. The van der Waals surface area contributed by atoms with Gasteiger partial charge in [-0.15, -0.1) is 5.73 Å². The zero-order chi connectivity index (χ0) is 10.9. The van der Waals surface area contributed by atoms with Gasteiger partial charge >= 0.3 is 0 Å². The Hall–Kier alpha value is -0.480. The first-order valence-corrected chi connectivity index (χ1v) is 6.78. The lowest BCUT2D eigenvalue weighted by Crippen LogP contribution is -2.04. The van der Waals surface area contributed by atoms with Crippen LogP contribution in [-0.2, 0) is 0 Å². The molecular weight excluding hydrogens is 180 g/mol. The van der Waals surface area contributed by atoms with E-state index in [9.17, 15) is 0 Å². The maximum absolute atomic E-state index is 3.54. The Morgan fingerprint density at radius 2 is 2.13 bits per heavy atom. The molecule has 0 aromatic heterocycles. The van der Waals surface area contributed by atoms with E-state index in [4.69, 9.17) is 0 Å².